The smallest absolute Gasteiger partial charge is 0.263 e. The first-order chi connectivity index (χ1) is 15.8. The maximum absolute atomic E-state index is 12.6. The number of aromatic nitrogens is 1. The molecule has 1 atom stereocenters. The molecular formula is C22H29N3O6S2. The molecule has 1 aliphatic rings. The number of aliphatic hydroxyl groups is 1. The van der Waals surface area contributed by atoms with E-state index in [-0.39, 0.29) is 21.6 Å². The third-order valence-electron chi connectivity index (χ3n) is 4.98. The van der Waals surface area contributed by atoms with Gasteiger partial charge in [0.15, 0.2) is 5.12 Å². The number of ether oxygens (including phenoxy) is 2. The first-order valence-corrected chi connectivity index (χ1v) is 13.1. The number of rotatable bonds is 11. The van der Waals surface area contributed by atoms with Crippen LogP contribution < -0.4 is 9.46 Å². The Bertz CT molecular complexity index is 994. The summed E-state index contributed by atoms with van der Waals surface area (Å²) in [7, 11) is -3.82. The van der Waals surface area contributed by atoms with Crippen LogP contribution in [0.4, 0.5) is 5.82 Å². The van der Waals surface area contributed by atoms with Crippen molar-refractivity contribution in [1.82, 2.24) is 9.88 Å². The number of morpholine rings is 1. The van der Waals surface area contributed by atoms with Crippen molar-refractivity contribution in [3.05, 3.63) is 48.2 Å². The summed E-state index contributed by atoms with van der Waals surface area (Å²) in [5.41, 5.74) is 0.502. The molecule has 3 rings (SSSR count). The van der Waals surface area contributed by atoms with Crippen LogP contribution in [0.25, 0.3) is 0 Å². The van der Waals surface area contributed by atoms with E-state index in [0.29, 0.717) is 17.9 Å². The molecule has 1 fully saturated rings. The minimum atomic E-state index is -3.82. The number of anilines is 1. The van der Waals surface area contributed by atoms with Gasteiger partial charge in [0.05, 0.1) is 30.8 Å². The van der Waals surface area contributed by atoms with Gasteiger partial charge in [-0.05, 0) is 42.3 Å². The van der Waals surface area contributed by atoms with Gasteiger partial charge in [0.2, 0.25) is 0 Å². The molecule has 1 saturated heterocycles. The fourth-order valence-corrected chi connectivity index (χ4v) is 4.76. The van der Waals surface area contributed by atoms with Crippen molar-refractivity contribution in [2.45, 2.75) is 24.3 Å². The van der Waals surface area contributed by atoms with Gasteiger partial charge in [0, 0.05) is 38.5 Å². The molecule has 33 heavy (non-hydrogen) atoms. The Hall–Kier alpha value is -2.18. The number of thioether (sulfide) groups is 1. The van der Waals surface area contributed by atoms with Gasteiger partial charge in [-0.15, -0.1) is 0 Å². The predicted molar refractivity (Wildman–Crippen MR) is 127 cm³/mol. The van der Waals surface area contributed by atoms with E-state index < -0.39 is 16.1 Å². The summed E-state index contributed by atoms with van der Waals surface area (Å²) in [5.74, 6) is 0.952. The van der Waals surface area contributed by atoms with Crippen molar-refractivity contribution in [3.63, 3.8) is 0 Å². The summed E-state index contributed by atoms with van der Waals surface area (Å²) in [5, 5.41) is 9.98. The van der Waals surface area contributed by atoms with Gasteiger partial charge in [-0.3, -0.25) is 14.4 Å². The minimum Gasteiger partial charge on any atom is -0.494 e. The highest BCUT2D eigenvalue weighted by Gasteiger charge is 2.16. The van der Waals surface area contributed by atoms with Gasteiger partial charge in [-0.2, -0.15) is 0 Å². The third kappa shape index (κ3) is 8.27. The largest absolute Gasteiger partial charge is 0.494 e. The van der Waals surface area contributed by atoms with Crippen LogP contribution >= 0.6 is 11.8 Å². The van der Waals surface area contributed by atoms with Crippen LogP contribution in [-0.4, -0.2) is 73.7 Å². The average Bonchev–Trinajstić information content (AvgIpc) is 2.81. The van der Waals surface area contributed by atoms with Crippen molar-refractivity contribution < 1.29 is 27.8 Å². The lowest BCUT2D eigenvalue weighted by molar-refractivity contribution is -0.109. The van der Waals surface area contributed by atoms with Crippen molar-refractivity contribution in [2.24, 2.45) is 0 Å². The molecule has 0 radical (unpaired) electrons. The second kappa shape index (κ2) is 12.3. The number of nitrogens with zero attached hydrogens (tertiary/aromatic N) is 2. The molecule has 9 nitrogen and oxygen atoms in total. The number of carbonyl (C=O) groups is 1. The summed E-state index contributed by atoms with van der Waals surface area (Å²) in [4.78, 5) is 17.5. The Kier molecular flexibility index (Phi) is 9.51. The summed E-state index contributed by atoms with van der Waals surface area (Å²) in [6.07, 6.45) is 1.40. The molecule has 2 N–H and O–H groups in total. The zero-order chi connectivity index (χ0) is 23.7. The molecule has 0 saturated carbocycles. The molecule has 0 bridgehead atoms. The van der Waals surface area contributed by atoms with Gasteiger partial charge in [-0.25, -0.2) is 13.4 Å². The fourth-order valence-electron chi connectivity index (χ4n) is 3.17. The molecule has 0 amide bonds. The summed E-state index contributed by atoms with van der Waals surface area (Å²) in [6.45, 7) is 6.35. The number of carbonyl (C=O) groups excluding carboxylic acids is 1. The molecule has 1 aromatic heterocycles. The molecule has 2 heterocycles. The van der Waals surface area contributed by atoms with Crippen LogP contribution in [0.5, 0.6) is 5.75 Å². The van der Waals surface area contributed by atoms with E-state index in [1.54, 1.807) is 18.2 Å². The highest BCUT2D eigenvalue weighted by atomic mass is 32.2. The SMILES string of the molecule is CC(=O)SCC(O)c1ccc(NS(=O)(=O)c2ccc(OCCCN3CCOCC3)cc2)nc1. The first kappa shape index (κ1) is 25.4. The minimum absolute atomic E-state index is 0.0872. The molecule has 1 aromatic carbocycles. The molecule has 180 valence electrons. The maximum Gasteiger partial charge on any atom is 0.263 e. The van der Waals surface area contributed by atoms with E-state index >= 15 is 0 Å². The summed E-state index contributed by atoms with van der Waals surface area (Å²) >= 11 is 1.01. The second-order valence-corrected chi connectivity index (χ2v) is 10.4. The number of sulfonamides is 1. The maximum atomic E-state index is 12.6. The van der Waals surface area contributed by atoms with E-state index in [9.17, 15) is 18.3 Å². The van der Waals surface area contributed by atoms with E-state index in [2.05, 4.69) is 14.6 Å². The topological polar surface area (TPSA) is 118 Å². The average molecular weight is 496 g/mol. The fraction of sp³-hybridized carbons (Fsp3) is 0.455. The number of pyridine rings is 1. The highest BCUT2D eigenvalue weighted by molar-refractivity contribution is 8.13. The Balaban J connectivity index is 1.48. The van der Waals surface area contributed by atoms with E-state index in [4.69, 9.17) is 9.47 Å². The van der Waals surface area contributed by atoms with Crippen molar-refractivity contribution >= 4 is 32.7 Å². The number of hydrogen-bond donors (Lipinski definition) is 2. The van der Waals surface area contributed by atoms with E-state index in [0.717, 1.165) is 51.0 Å². The monoisotopic (exact) mass is 495 g/mol. The van der Waals surface area contributed by atoms with Crippen LogP contribution in [0, 0.1) is 0 Å². The second-order valence-electron chi connectivity index (χ2n) is 7.53. The predicted octanol–water partition coefficient (Wildman–Crippen LogP) is 2.30. The lowest BCUT2D eigenvalue weighted by Crippen LogP contribution is -2.37. The van der Waals surface area contributed by atoms with Crippen LogP contribution in [0.1, 0.15) is 25.0 Å². The third-order valence-corrected chi connectivity index (χ3v) is 7.24. The van der Waals surface area contributed by atoms with Crippen molar-refractivity contribution in [2.75, 3.05) is 49.9 Å². The van der Waals surface area contributed by atoms with Gasteiger partial charge < -0.3 is 14.6 Å². The summed E-state index contributed by atoms with van der Waals surface area (Å²) in [6, 6.07) is 9.27. The lowest BCUT2D eigenvalue weighted by atomic mass is 10.2. The normalized spacial score (nSPS) is 15.7. The number of nitrogens with one attached hydrogen (secondary N) is 1. The number of hydrogen-bond acceptors (Lipinski definition) is 9. The Morgan fingerprint density at radius 1 is 1.24 bits per heavy atom. The number of aliphatic hydroxyl groups excluding tert-OH is 1. The van der Waals surface area contributed by atoms with Crippen LogP contribution in [0.3, 0.4) is 0 Å². The molecule has 1 unspecified atom stereocenters. The Labute approximate surface area is 198 Å². The van der Waals surface area contributed by atoms with Crippen molar-refractivity contribution in [1.29, 1.82) is 0 Å². The molecule has 11 heteroatoms. The standard InChI is InChI=1S/C22H29N3O6S2/c1-17(26)32-16-21(27)18-3-8-22(23-15-18)24-33(28,29)20-6-4-19(5-7-20)31-12-2-9-25-10-13-30-14-11-25/h3-8,15,21,27H,2,9-14,16H2,1H3,(H,23,24). The summed E-state index contributed by atoms with van der Waals surface area (Å²) < 4.78 is 38.8. The van der Waals surface area contributed by atoms with Crippen LogP contribution in [0.2, 0.25) is 0 Å². The van der Waals surface area contributed by atoms with E-state index in [1.165, 1.54) is 31.3 Å². The molecule has 2 aromatic rings. The highest BCUT2D eigenvalue weighted by Crippen LogP contribution is 2.21. The van der Waals surface area contributed by atoms with Gasteiger partial charge >= 0.3 is 0 Å². The van der Waals surface area contributed by atoms with E-state index in [1.807, 2.05) is 0 Å². The molecule has 0 spiro atoms. The zero-order valence-electron chi connectivity index (χ0n) is 18.5. The molecule has 1 aliphatic heterocycles. The van der Waals surface area contributed by atoms with Gasteiger partial charge in [0.1, 0.15) is 11.6 Å². The van der Waals surface area contributed by atoms with Crippen molar-refractivity contribution in [3.8, 4) is 5.75 Å². The number of benzene rings is 1. The first-order valence-electron chi connectivity index (χ1n) is 10.7. The molecular weight excluding hydrogens is 466 g/mol. The van der Waals surface area contributed by atoms with Gasteiger partial charge in [-0.1, -0.05) is 17.8 Å². The lowest BCUT2D eigenvalue weighted by Gasteiger charge is -2.26. The Morgan fingerprint density at radius 3 is 2.61 bits per heavy atom. The quantitative estimate of drug-likeness (QED) is 0.453. The zero-order valence-corrected chi connectivity index (χ0v) is 20.1. The Morgan fingerprint density at radius 2 is 1.97 bits per heavy atom. The van der Waals surface area contributed by atoms with Crippen LogP contribution in [-0.2, 0) is 19.6 Å². The van der Waals surface area contributed by atoms with Crippen LogP contribution in [0.15, 0.2) is 47.5 Å². The van der Waals surface area contributed by atoms with Gasteiger partial charge in [0.25, 0.3) is 10.0 Å². The molecule has 0 aliphatic carbocycles.